The summed E-state index contributed by atoms with van der Waals surface area (Å²) in [5.41, 5.74) is 8.00. The number of imidazole rings is 1. The summed E-state index contributed by atoms with van der Waals surface area (Å²) in [6.07, 6.45) is 1.51. The van der Waals surface area contributed by atoms with E-state index in [-0.39, 0.29) is 23.8 Å². The Balaban J connectivity index is 1.68. The van der Waals surface area contributed by atoms with Gasteiger partial charge in [0.1, 0.15) is 29.1 Å². The third-order valence-corrected chi connectivity index (χ3v) is 4.54. The molecule has 31 heavy (non-hydrogen) atoms. The van der Waals surface area contributed by atoms with Crippen LogP contribution in [0.5, 0.6) is 11.5 Å². The molecule has 9 nitrogen and oxygen atoms in total. The molecular weight excluding hydrogens is 396 g/mol. The highest BCUT2D eigenvalue weighted by atomic mass is 16.5. The van der Waals surface area contributed by atoms with E-state index >= 15 is 0 Å². The number of nitrogen functional groups attached to an aromatic ring is 1. The van der Waals surface area contributed by atoms with Crippen LogP contribution in [0.1, 0.15) is 16.8 Å². The molecule has 9 heteroatoms. The summed E-state index contributed by atoms with van der Waals surface area (Å²) in [7, 11) is 3.18. The fourth-order valence-electron chi connectivity index (χ4n) is 2.82. The lowest BCUT2D eigenvalue weighted by atomic mass is 10.2. The third-order valence-electron chi connectivity index (χ3n) is 4.54. The van der Waals surface area contributed by atoms with Crippen molar-refractivity contribution in [1.29, 1.82) is 5.26 Å². The SMILES string of the molecule is COc1ccc(CNC(=O)/N=C(\C#N)c2ncn(Cc3ccc(OC)cc3)c2N)cc1. The fourth-order valence-corrected chi connectivity index (χ4v) is 2.82. The Bertz CT molecular complexity index is 1110. The van der Waals surface area contributed by atoms with Gasteiger partial charge >= 0.3 is 6.03 Å². The number of hydrogen-bond donors (Lipinski definition) is 2. The first-order chi connectivity index (χ1) is 15.0. The topological polar surface area (TPSA) is 128 Å². The average Bonchev–Trinajstić information content (AvgIpc) is 3.16. The summed E-state index contributed by atoms with van der Waals surface area (Å²) in [6.45, 7) is 0.706. The second-order valence-electron chi connectivity index (χ2n) is 6.53. The van der Waals surface area contributed by atoms with Crippen LogP contribution >= 0.6 is 0 Å². The van der Waals surface area contributed by atoms with Crippen molar-refractivity contribution in [3.63, 3.8) is 0 Å². The number of carbonyl (C=O) groups excluding carboxylic acids is 1. The predicted molar refractivity (Wildman–Crippen MR) is 116 cm³/mol. The van der Waals surface area contributed by atoms with Crippen molar-refractivity contribution in [2.24, 2.45) is 4.99 Å². The summed E-state index contributed by atoms with van der Waals surface area (Å²) in [4.78, 5) is 20.2. The number of nitrogens with two attached hydrogens (primary N) is 1. The number of anilines is 1. The van der Waals surface area contributed by atoms with E-state index in [2.05, 4.69) is 15.3 Å². The number of aromatic nitrogens is 2. The molecule has 0 radical (unpaired) electrons. The van der Waals surface area contributed by atoms with E-state index in [1.54, 1.807) is 30.9 Å². The number of methoxy groups -OCH3 is 2. The average molecular weight is 418 g/mol. The Morgan fingerprint density at radius 1 is 1.10 bits per heavy atom. The molecule has 0 saturated carbocycles. The Morgan fingerprint density at radius 2 is 1.68 bits per heavy atom. The van der Waals surface area contributed by atoms with Crippen molar-refractivity contribution < 1.29 is 14.3 Å². The van der Waals surface area contributed by atoms with Gasteiger partial charge in [-0.15, -0.1) is 0 Å². The van der Waals surface area contributed by atoms with Crippen LogP contribution in [0.15, 0.2) is 59.9 Å². The van der Waals surface area contributed by atoms with Crippen LogP contribution in [0.4, 0.5) is 10.6 Å². The van der Waals surface area contributed by atoms with Crippen molar-refractivity contribution in [3.05, 3.63) is 71.7 Å². The lowest BCUT2D eigenvalue weighted by Crippen LogP contribution is -2.21. The molecule has 0 unspecified atom stereocenters. The van der Waals surface area contributed by atoms with Gasteiger partial charge in [-0.2, -0.15) is 10.3 Å². The number of hydrogen-bond acceptors (Lipinski definition) is 6. The second kappa shape index (κ2) is 9.93. The van der Waals surface area contributed by atoms with E-state index in [4.69, 9.17) is 15.2 Å². The first-order valence-electron chi connectivity index (χ1n) is 9.37. The molecule has 3 rings (SSSR count). The number of amides is 2. The Labute approximate surface area is 179 Å². The van der Waals surface area contributed by atoms with Gasteiger partial charge in [0, 0.05) is 6.54 Å². The van der Waals surface area contributed by atoms with Gasteiger partial charge < -0.3 is 25.1 Å². The summed E-state index contributed by atoms with van der Waals surface area (Å²) in [6, 6.07) is 16.0. The maximum atomic E-state index is 12.2. The van der Waals surface area contributed by atoms with Crippen LogP contribution in [0, 0.1) is 11.3 Å². The molecule has 0 aliphatic heterocycles. The van der Waals surface area contributed by atoms with Crippen LogP contribution in [0.3, 0.4) is 0 Å². The van der Waals surface area contributed by atoms with E-state index in [1.165, 1.54) is 6.33 Å². The van der Waals surface area contributed by atoms with Crippen molar-refractivity contribution in [3.8, 4) is 17.6 Å². The molecule has 0 saturated heterocycles. The van der Waals surface area contributed by atoms with Crippen LogP contribution < -0.4 is 20.5 Å². The number of nitrogens with one attached hydrogen (secondary N) is 1. The quantitative estimate of drug-likeness (QED) is 0.568. The molecule has 3 N–H and O–H groups in total. The van der Waals surface area contributed by atoms with E-state index in [9.17, 15) is 10.1 Å². The molecule has 2 aromatic carbocycles. The molecule has 2 amide bonds. The van der Waals surface area contributed by atoms with Crippen LogP contribution in [0.25, 0.3) is 0 Å². The maximum Gasteiger partial charge on any atom is 0.342 e. The van der Waals surface area contributed by atoms with E-state index in [0.29, 0.717) is 6.54 Å². The molecular formula is C22H22N6O3. The van der Waals surface area contributed by atoms with E-state index in [0.717, 1.165) is 22.6 Å². The minimum Gasteiger partial charge on any atom is -0.497 e. The number of rotatable bonds is 7. The lowest BCUT2D eigenvalue weighted by Gasteiger charge is -2.07. The summed E-state index contributed by atoms with van der Waals surface area (Å²) in [5, 5.41) is 12.1. The number of urea groups is 1. The first-order valence-corrected chi connectivity index (χ1v) is 9.37. The molecule has 158 valence electrons. The number of carbonyl (C=O) groups is 1. The van der Waals surface area contributed by atoms with Crippen molar-refractivity contribution in [1.82, 2.24) is 14.9 Å². The zero-order chi connectivity index (χ0) is 22.2. The Hall–Kier alpha value is -4.32. The number of nitriles is 1. The van der Waals surface area contributed by atoms with Gasteiger partial charge in [-0.25, -0.2) is 9.78 Å². The smallest absolute Gasteiger partial charge is 0.342 e. The summed E-state index contributed by atoms with van der Waals surface area (Å²) < 4.78 is 11.9. The lowest BCUT2D eigenvalue weighted by molar-refractivity contribution is 0.249. The van der Waals surface area contributed by atoms with Crippen molar-refractivity contribution >= 4 is 17.6 Å². The summed E-state index contributed by atoms with van der Waals surface area (Å²) >= 11 is 0. The Morgan fingerprint density at radius 3 is 2.23 bits per heavy atom. The highest BCUT2D eigenvalue weighted by Crippen LogP contribution is 2.17. The maximum absolute atomic E-state index is 12.2. The highest BCUT2D eigenvalue weighted by Gasteiger charge is 2.16. The molecule has 0 atom stereocenters. The number of benzene rings is 2. The normalized spacial score (nSPS) is 10.9. The zero-order valence-electron chi connectivity index (χ0n) is 17.2. The molecule has 0 aliphatic rings. The summed E-state index contributed by atoms with van der Waals surface area (Å²) in [5.74, 6) is 1.72. The molecule has 1 aromatic heterocycles. The van der Waals surface area contributed by atoms with Crippen molar-refractivity contribution in [2.75, 3.05) is 20.0 Å². The van der Waals surface area contributed by atoms with Gasteiger partial charge in [-0.05, 0) is 35.4 Å². The van der Waals surface area contributed by atoms with Crippen molar-refractivity contribution in [2.45, 2.75) is 13.1 Å². The highest BCUT2D eigenvalue weighted by molar-refractivity contribution is 6.16. The standard InChI is InChI=1S/C22H22N6O3/c1-30-17-7-3-15(4-8-17)12-25-22(29)27-19(11-23)20-21(24)28(14-26-20)13-16-5-9-18(31-2)10-6-16/h3-10,14H,12-13,24H2,1-2H3,(H,25,29)/b27-19+. The van der Waals surface area contributed by atoms with E-state index in [1.807, 2.05) is 42.5 Å². The molecule has 0 fully saturated rings. The minimum absolute atomic E-state index is 0.154. The second-order valence-corrected chi connectivity index (χ2v) is 6.53. The fraction of sp³-hybridized carbons (Fsp3) is 0.182. The van der Waals surface area contributed by atoms with E-state index < -0.39 is 6.03 Å². The molecule has 0 bridgehead atoms. The third kappa shape index (κ3) is 5.39. The number of nitrogens with zero attached hydrogens (tertiary/aromatic N) is 4. The van der Waals surface area contributed by atoms with Gasteiger partial charge in [0.15, 0.2) is 5.71 Å². The van der Waals surface area contributed by atoms with Gasteiger partial charge in [0.05, 0.1) is 27.1 Å². The number of aliphatic imine (C=N–C) groups is 1. The van der Waals surface area contributed by atoms with Gasteiger partial charge in [-0.3, -0.25) is 0 Å². The van der Waals surface area contributed by atoms with Crippen LogP contribution in [0.2, 0.25) is 0 Å². The molecule has 0 aliphatic carbocycles. The minimum atomic E-state index is -0.656. The van der Waals surface area contributed by atoms with Gasteiger partial charge in [0.2, 0.25) is 0 Å². The molecule has 0 spiro atoms. The van der Waals surface area contributed by atoms with Crippen LogP contribution in [-0.2, 0) is 13.1 Å². The monoisotopic (exact) mass is 418 g/mol. The van der Waals surface area contributed by atoms with Gasteiger partial charge in [0.25, 0.3) is 0 Å². The Kier molecular flexibility index (Phi) is 6.85. The predicted octanol–water partition coefficient (Wildman–Crippen LogP) is 2.75. The van der Waals surface area contributed by atoms with Gasteiger partial charge in [-0.1, -0.05) is 24.3 Å². The number of ether oxygens (including phenoxy) is 2. The molecule has 3 aromatic rings. The largest absolute Gasteiger partial charge is 0.497 e. The first kappa shape index (κ1) is 21.4. The zero-order valence-corrected chi connectivity index (χ0v) is 17.2. The van der Waals surface area contributed by atoms with Crippen LogP contribution in [-0.4, -0.2) is 35.5 Å². The molecule has 1 heterocycles.